The second kappa shape index (κ2) is 6.02. The van der Waals surface area contributed by atoms with Crippen LogP contribution in [0.3, 0.4) is 0 Å². The van der Waals surface area contributed by atoms with Crippen molar-refractivity contribution in [1.29, 1.82) is 0 Å². The maximum atomic E-state index is 9.68. The minimum Gasteiger partial charge on any atom is -0.493 e. The van der Waals surface area contributed by atoms with Gasteiger partial charge >= 0.3 is 0 Å². The Labute approximate surface area is 120 Å². The van der Waals surface area contributed by atoms with E-state index in [-0.39, 0.29) is 0 Å². The molecule has 4 heteroatoms. The summed E-state index contributed by atoms with van der Waals surface area (Å²) in [5, 5.41) is 9.68. The molecule has 2 heterocycles. The molecule has 0 bridgehead atoms. The molecular weight excluding hydrogens is 254 g/mol. The van der Waals surface area contributed by atoms with Gasteiger partial charge in [-0.05, 0) is 45.0 Å². The van der Waals surface area contributed by atoms with E-state index < -0.39 is 6.10 Å². The Balaban J connectivity index is 1.51. The van der Waals surface area contributed by atoms with Crippen LogP contribution in [0.2, 0.25) is 0 Å². The van der Waals surface area contributed by atoms with E-state index in [2.05, 4.69) is 11.9 Å². The predicted molar refractivity (Wildman–Crippen MR) is 77.3 cm³/mol. The van der Waals surface area contributed by atoms with Gasteiger partial charge in [0, 0.05) is 17.7 Å². The third-order valence-electron chi connectivity index (χ3n) is 4.38. The smallest absolute Gasteiger partial charge is 0.129 e. The highest BCUT2D eigenvalue weighted by Crippen LogP contribution is 2.35. The molecule has 2 atom stereocenters. The van der Waals surface area contributed by atoms with Crippen molar-refractivity contribution < 1.29 is 14.6 Å². The molecule has 0 saturated carbocycles. The highest BCUT2D eigenvalue weighted by atomic mass is 16.5. The number of hydrogen-bond acceptors (Lipinski definition) is 4. The van der Waals surface area contributed by atoms with E-state index in [9.17, 15) is 5.11 Å². The van der Waals surface area contributed by atoms with Crippen LogP contribution >= 0.6 is 0 Å². The Morgan fingerprint density at radius 1 is 1.40 bits per heavy atom. The van der Waals surface area contributed by atoms with Crippen molar-refractivity contribution in [1.82, 2.24) is 4.90 Å². The maximum Gasteiger partial charge on any atom is 0.129 e. The number of nitrogens with zero attached hydrogens (tertiary/aromatic N) is 1. The van der Waals surface area contributed by atoms with Crippen molar-refractivity contribution in [3.8, 4) is 11.5 Å². The average Bonchev–Trinajstić information content (AvgIpc) is 2.82. The van der Waals surface area contributed by atoms with Crippen LogP contribution in [-0.4, -0.2) is 42.9 Å². The normalized spacial score (nSPS) is 26.1. The first-order valence-electron chi connectivity index (χ1n) is 7.52. The largest absolute Gasteiger partial charge is 0.493 e. The van der Waals surface area contributed by atoms with Crippen molar-refractivity contribution in [3.05, 3.63) is 23.8 Å². The summed E-state index contributed by atoms with van der Waals surface area (Å²) in [4.78, 5) is 2.44. The first-order chi connectivity index (χ1) is 9.74. The highest BCUT2D eigenvalue weighted by Gasteiger charge is 2.22. The van der Waals surface area contributed by atoms with Gasteiger partial charge in [-0.15, -0.1) is 0 Å². The fourth-order valence-electron chi connectivity index (χ4n) is 3.08. The van der Waals surface area contributed by atoms with Gasteiger partial charge in [0.2, 0.25) is 0 Å². The fraction of sp³-hybridized carbons (Fsp3) is 0.625. The lowest BCUT2D eigenvalue weighted by Crippen LogP contribution is -2.37. The van der Waals surface area contributed by atoms with E-state index in [0.717, 1.165) is 30.1 Å². The van der Waals surface area contributed by atoms with Crippen LogP contribution < -0.4 is 9.47 Å². The summed E-state index contributed by atoms with van der Waals surface area (Å²) in [7, 11) is 2.20. The molecule has 110 valence electrons. The van der Waals surface area contributed by atoms with E-state index in [1.165, 1.54) is 25.8 Å². The first kappa shape index (κ1) is 13.7. The zero-order chi connectivity index (χ0) is 13.9. The molecule has 1 saturated heterocycles. The first-order valence-corrected chi connectivity index (χ1v) is 7.52. The van der Waals surface area contributed by atoms with Crippen LogP contribution in [-0.2, 0) is 0 Å². The van der Waals surface area contributed by atoms with Crippen LogP contribution in [0.1, 0.15) is 37.4 Å². The van der Waals surface area contributed by atoms with E-state index in [1.807, 2.05) is 18.2 Å². The van der Waals surface area contributed by atoms with Crippen LogP contribution in [0.5, 0.6) is 11.5 Å². The van der Waals surface area contributed by atoms with Crippen LogP contribution in [0, 0.1) is 0 Å². The lowest BCUT2D eigenvalue weighted by Gasteiger charge is -2.32. The molecule has 1 aromatic carbocycles. The second-order valence-electron chi connectivity index (χ2n) is 5.79. The van der Waals surface area contributed by atoms with Crippen molar-refractivity contribution in [2.45, 2.75) is 37.8 Å². The molecule has 2 unspecified atom stereocenters. The summed E-state index contributed by atoms with van der Waals surface area (Å²) in [6.45, 7) is 2.29. The number of piperidine rings is 1. The molecule has 1 fully saturated rings. The summed E-state index contributed by atoms with van der Waals surface area (Å²) in [6.07, 6.45) is 4.50. The number of aliphatic hydroxyl groups excluding tert-OH is 1. The van der Waals surface area contributed by atoms with E-state index in [1.54, 1.807) is 0 Å². The minimum atomic E-state index is -0.491. The zero-order valence-corrected chi connectivity index (χ0v) is 12.0. The number of ether oxygens (including phenoxy) is 2. The van der Waals surface area contributed by atoms with Gasteiger partial charge in [-0.3, -0.25) is 0 Å². The third-order valence-corrected chi connectivity index (χ3v) is 4.38. The van der Waals surface area contributed by atoms with Gasteiger partial charge < -0.3 is 19.5 Å². The molecule has 1 aromatic rings. The Hall–Kier alpha value is -1.26. The molecule has 0 radical (unpaired) electrons. The van der Waals surface area contributed by atoms with Gasteiger partial charge in [0.05, 0.1) is 6.61 Å². The van der Waals surface area contributed by atoms with Crippen molar-refractivity contribution >= 4 is 0 Å². The van der Waals surface area contributed by atoms with Gasteiger partial charge in [0.15, 0.2) is 0 Å². The monoisotopic (exact) mass is 277 g/mol. The molecule has 2 aliphatic rings. The maximum absolute atomic E-state index is 9.68. The number of fused-ring (bicyclic) bond motifs is 1. The minimum absolute atomic E-state index is 0.353. The molecule has 1 N–H and O–H groups in total. The number of rotatable bonds is 4. The van der Waals surface area contributed by atoms with Gasteiger partial charge in [-0.2, -0.15) is 0 Å². The van der Waals surface area contributed by atoms with E-state index in [0.29, 0.717) is 12.6 Å². The summed E-state index contributed by atoms with van der Waals surface area (Å²) in [5.74, 6) is 1.58. The molecule has 0 aliphatic carbocycles. The summed E-state index contributed by atoms with van der Waals surface area (Å²) >= 11 is 0. The van der Waals surface area contributed by atoms with Crippen molar-refractivity contribution in [2.24, 2.45) is 0 Å². The third kappa shape index (κ3) is 2.91. The number of aliphatic hydroxyl groups is 1. The van der Waals surface area contributed by atoms with Crippen LogP contribution in [0.15, 0.2) is 18.2 Å². The standard InChI is InChI=1S/C16H23NO3/c1-17-8-3-2-4-12(17)7-9-19-13-5-6-14-15(18)11-20-16(14)10-13/h5-6,10,12,15,18H,2-4,7-9,11H2,1H3. The van der Waals surface area contributed by atoms with Crippen molar-refractivity contribution in [3.63, 3.8) is 0 Å². The van der Waals surface area contributed by atoms with Gasteiger partial charge in [0.25, 0.3) is 0 Å². The van der Waals surface area contributed by atoms with Crippen molar-refractivity contribution in [2.75, 3.05) is 26.8 Å². The molecule has 4 nitrogen and oxygen atoms in total. The summed E-state index contributed by atoms with van der Waals surface area (Å²) < 4.78 is 11.3. The Kier molecular flexibility index (Phi) is 4.13. The average molecular weight is 277 g/mol. The lowest BCUT2D eigenvalue weighted by molar-refractivity contribution is 0.140. The number of likely N-dealkylation sites (tertiary alicyclic amines) is 1. The topological polar surface area (TPSA) is 41.9 Å². The van der Waals surface area contributed by atoms with Gasteiger partial charge in [0.1, 0.15) is 24.2 Å². The molecule has 20 heavy (non-hydrogen) atoms. The zero-order valence-electron chi connectivity index (χ0n) is 12.0. The van der Waals surface area contributed by atoms with Gasteiger partial charge in [-0.1, -0.05) is 6.42 Å². The number of benzene rings is 1. The molecular formula is C16H23NO3. The molecule has 0 amide bonds. The molecule has 3 rings (SSSR count). The Bertz CT molecular complexity index is 463. The molecule has 2 aliphatic heterocycles. The fourth-order valence-corrected chi connectivity index (χ4v) is 3.08. The number of hydrogen-bond donors (Lipinski definition) is 1. The predicted octanol–water partition coefficient (Wildman–Crippen LogP) is 2.37. The van der Waals surface area contributed by atoms with Crippen LogP contribution in [0.25, 0.3) is 0 Å². The quantitative estimate of drug-likeness (QED) is 0.917. The summed E-state index contributed by atoms with van der Waals surface area (Å²) in [5.41, 5.74) is 0.865. The van der Waals surface area contributed by atoms with E-state index >= 15 is 0 Å². The second-order valence-corrected chi connectivity index (χ2v) is 5.79. The molecule has 0 aromatic heterocycles. The van der Waals surface area contributed by atoms with E-state index in [4.69, 9.17) is 9.47 Å². The van der Waals surface area contributed by atoms with Gasteiger partial charge in [-0.25, -0.2) is 0 Å². The SMILES string of the molecule is CN1CCCCC1CCOc1ccc2c(c1)OCC2O. The van der Waals surface area contributed by atoms with Crippen LogP contribution in [0.4, 0.5) is 0 Å². The lowest BCUT2D eigenvalue weighted by atomic mass is 10.0. The molecule has 0 spiro atoms. The summed E-state index contributed by atoms with van der Waals surface area (Å²) in [6, 6.07) is 6.35. The Morgan fingerprint density at radius 3 is 3.15 bits per heavy atom. The Morgan fingerprint density at radius 2 is 2.30 bits per heavy atom. The highest BCUT2D eigenvalue weighted by molar-refractivity contribution is 5.44.